The van der Waals surface area contributed by atoms with Crippen LogP contribution in [0.1, 0.15) is 45.6 Å². The third kappa shape index (κ3) is 8.04. The summed E-state index contributed by atoms with van der Waals surface area (Å²) in [6.07, 6.45) is 6.16. The Morgan fingerprint density at radius 2 is 2.07 bits per heavy atom. The highest BCUT2D eigenvalue weighted by molar-refractivity contribution is 7.90. The Kier molecular flexibility index (Phi) is 8.54. The van der Waals surface area contributed by atoms with Gasteiger partial charge < -0.3 is 15.5 Å². The smallest absolute Gasteiger partial charge is 0.191 e. The van der Waals surface area contributed by atoms with Gasteiger partial charge in [-0.05, 0) is 50.7 Å². The highest BCUT2D eigenvalue weighted by Crippen LogP contribution is 2.21. The molecule has 0 amide bonds. The van der Waals surface area contributed by atoms with Crippen LogP contribution in [0.3, 0.4) is 0 Å². The number of aromatic nitrogens is 1. The molecule has 0 bridgehead atoms. The molecule has 1 atom stereocenters. The topological polar surface area (TPSA) is 86.7 Å². The van der Waals surface area contributed by atoms with Crippen LogP contribution in [0.2, 0.25) is 0 Å². The second-order valence-electron chi connectivity index (χ2n) is 7.85. The van der Waals surface area contributed by atoms with Gasteiger partial charge in [0.2, 0.25) is 0 Å². The monoisotopic (exact) mass is 409 g/mol. The van der Waals surface area contributed by atoms with Crippen LogP contribution in [0.25, 0.3) is 0 Å². The minimum absolute atomic E-state index is 0.0227. The number of piperidine rings is 1. The summed E-state index contributed by atoms with van der Waals surface area (Å²) in [4.78, 5) is 11.6. The first-order valence-electron chi connectivity index (χ1n) is 10.2. The predicted octanol–water partition coefficient (Wildman–Crippen LogP) is 2.20. The third-order valence-electron chi connectivity index (χ3n) is 4.99. The zero-order valence-corrected chi connectivity index (χ0v) is 18.4. The first kappa shape index (κ1) is 22.5. The molecule has 2 rings (SSSR count). The van der Waals surface area contributed by atoms with E-state index in [0.717, 1.165) is 36.9 Å². The molecule has 1 aliphatic heterocycles. The van der Waals surface area contributed by atoms with E-state index in [1.54, 1.807) is 0 Å². The summed E-state index contributed by atoms with van der Waals surface area (Å²) in [6.45, 7) is 9.70. The number of pyridine rings is 1. The summed E-state index contributed by atoms with van der Waals surface area (Å²) in [5.74, 6) is 2.71. The molecule has 0 spiro atoms. The van der Waals surface area contributed by atoms with Gasteiger partial charge in [0.25, 0.3) is 0 Å². The number of hydrogen-bond acceptors (Lipinski definition) is 5. The summed E-state index contributed by atoms with van der Waals surface area (Å²) < 4.78 is 22.7. The third-order valence-corrected chi connectivity index (χ3v) is 5.96. The molecule has 2 N–H and O–H groups in total. The van der Waals surface area contributed by atoms with Gasteiger partial charge in [-0.1, -0.05) is 13.0 Å². The van der Waals surface area contributed by atoms with E-state index >= 15 is 0 Å². The van der Waals surface area contributed by atoms with Crippen molar-refractivity contribution in [2.75, 3.05) is 36.5 Å². The molecule has 1 aromatic rings. The first-order chi connectivity index (χ1) is 13.3. The molecule has 0 aromatic carbocycles. The molecule has 28 heavy (non-hydrogen) atoms. The van der Waals surface area contributed by atoms with Crippen molar-refractivity contribution in [1.29, 1.82) is 0 Å². The van der Waals surface area contributed by atoms with Gasteiger partial charge in [-0.15, -0.1) is 0 Å². The Labute approximate surface area is 169 Å². The van der Waals surface area contributed by atoms with E-state index in [2.05, 4.69) is 44.6 Å². The van der Waals surface area contributed by atoms with Crippen molar-refractivity contribution in [2.24, 2.45) is 10.9 Å². The molecular formula is C20H35N5O2S. The normalized spacial score (nSPS) is 17.4. The molecular weight excluding hydrogens is 374 g/mol. The van der Waals surface area contributed by atoms with E-state index < -0.39 is 9.84 Å². The zero-order valence-electron chi connectivity index (χ0n) is 17.6. The largest absolute Gasteiger partial charge is 0.357 e. The second kappa shape index (κ2) is 10.6. The molecule has 1 unspecified atom stereocenters. The lowest BCUT2D eigenvalue weighted by Gasteiger charge is -2.31. The number of hydrogen-bond donors (Lipinski definition) is 2. The van der Waals surface area contributed by atoms with Crippen LogP contribution < -0.4 is 15.5 Å². The lowest BCUT2D eigenvalue weighted by atomic mass is 9.99. The Morgan fingerprint density at radius 3 is 2.64 bits per heavy atom. The summed E-state index contributed by atoms with van der Waals surface area (Å²) in [5, 5.41) is 6.48. The van der Waals surface area contributed by atoms with E-state index in [1.165, 1.54) is 19.1 Å². The lowest BCUT2D eigenvalue weighted by Crippen LogP contribution is -2.42. The quantitative estimate of drug-likeness (QED) is 0.506. The van der Waals surface area contributed by atoms with Gasteiger partial charge in [0.15, 0.2) is 5.96 Å². The Bertz CT molecular complexity index is 725. The second-order valence-corrected chi connectivity index (χ2v) is 10.1. The van der Waals surface area contributed by atoms with Crippen molar-refractivity contribution in [3.05, 3.63) is 23.9 Å². The standard InChI is InChI=1S/C20H35N5O2S/c1-5-21-20(24-17(3)10-13-28(4,26)27)23-15-18-6-7-19(22-14-18)25-11-8-16(2)9-12-25/h6-7,14,16-17H,5,8-13,15H2,1-4H3,(H2,21,23,24). The number of nitrogens with zero attached hydrogens (tertiary/aromatic N) is 3. The number of nitrogens with one attached hydrogen (secondary N) is 2. The first-order valence-corrected chi connectivity index (χ1v) is 12.3. The molecule has 1 fully saturated rings. The van der Waals surface area contributed by atoms with Crippen molar-refractivity contribution in [3.8, 4) is 0 Å². The summed E-state index contributed by atoms with van der Waals surface area (Å²) in [7, 11) is -2.95. The minimum atomic E-state index is -2.95. The Morgan fingerprint density at radius 1 is 1.36 bits per heavy atom. The maximum absolute atomic E-state index is 11.3. The minimum Gasteiger partial charge on any atom is -0.357 e. The molecule has 0 saturated carbocycles. The van der Waals surface area contributed by atoms with Crippen molar-refractivity contribution in [2.45, 2.75) is 52.6 Å². The predicted molar refractivity (Wildman–Crippen MR) is 117 cm³/mol. The number of rotatable bonds is 8. The average molecular weight is 410 g/mol. The molecule has 0 aliphatic carbocycles. The fourth-order valence-electron chi connectivity index (χ4n) is 3.12. The van der Waals surface area contributed by atoms with E-state index in [-0.39, 0.29) is 11.8 Å². The van der Waals surface area contributed by atoms with Gasteiger partial charge in [-0.3, -0.25) is 0 Å². The van der Waals surface area contributed by atoms with Gasteiger partial charge in [-0.25, -0.2) is 18.4 Å². The van der Waals surface area contributed by atoms with Gasteiger partial charge in [-0.2, -0.15) is 0 Å². The van der Waals surface area contributed by atoms with Gasteiger partial charge in [0.1, 0.15) is 15.7 Å². The van der Waals surface area contributed by atoms with Crippen LogP contribution in [0, 0.1) is 5.92 Å². The summed E-state index contributed by atoms with van der Waals surface area (Å²) in [5.41, 5.74) is 1.05. The van der Waals surface area contributed by atoms with Crippen molar-refractivity contribution in [3.63, 3.8) is 0 Å². The number of guanidine groups is 1. The van der Waals surface area contributed by atoms with Crippen LogP contribution in [0.5, 0.6) is 0 Å². The zero-order chi connectivity index (χ0) is 20.6. The van der Waals surface area contributed by atoms with Crippen LogP contribution in [0.15, 0.2) is 23.3 Å². The van der Waals surface area contributed by atoms with E-state index in [4.69, 9.17) is 0 Å². The van der Waals surface area contributed by atoms with Gasteiger partial charge in [0.05, 0.1) is 12.3 Å². The average Bonchev–Trinajstić information content (AvgIpc) is 2.65. The highest BCUT2D eigenvalue weighted by atomic mass is 32.2. The van der Waals surface area contributed by atoms with Crippen LogP contribution in [-0.4, -0.2) is 57.0 Å². The number of sulfone groups is 1. The van der Waals surface area contributed by atoms with E-state index in [9.17, 15) is 8.42 Å². The van der Waals surface area contributed by atoms with Gasteiger partial charge in [0, 0.05) is 38.1 Å². The Balaban J connectivity index is 1.90. The molecule has 7 nitrogen and oxygen atoms in total. The maximum atomic E-state index is 11.3. The molecule has 1 aromatic heterocycles. The fraction of sp³-hybridized carbons (Fsp3) is 0.700. The van der Waals surface area contributed by atoms with E-state index in [0.29, 0.717) is 18.9 Å². The van der Waals surface area contributed by atoms with Crippen molar-refractivity contribution in [1.82, 2.24) is 15.6 Å². The molecule has 0 radical (unpaired) electrons. The Hall–Kier alpha value is -1.83. The van der Waals surface area contributed by atoms with Crippen LogP contribution in [-0.2, 0) is 16.4 Å². The van der Waals surface area contributed by atoms with Gasteiger partial charge >= 0.3 is 0 Å². The molecule has 2 heterocycles. The summed E-state index contributed by atoms with van der Waals surface area (Å²) in [6, 6.07) is 4.19. The number of anilines is 1. The molecule has 8 heteroatoms. The maximum Gasteiger partial charge on any atom is 0.191 e. The summed E-state index contributed by atoms with van der Waals surface area (Å²) >= 11 is 0. The van der Waals surface area contributed by atoms with Crippen LogP contribution in [0.4, 0.5) is 5.82 Å². The highest BCUT2D eigenvalue weighted by Gasteiger charge is 2.16. The lowest BCUT2D eigenvalue weighted by molar-refractivity contribution is 0.436. The number of aliphatic imine (C=N–C) groups is 1. The van der Waals surface area contributed by atoms with Crippen LogP contribution >= 0.6 is 0 Å². The van der Waals surface area contributed by atoms with E-state index in [1.807, 2.05) is 20.0 Å². The van der Waals surface area contributed by atoms with Crippen molar-refractivity contribution < 1.29 is 8.42 Å². The molecule has 1 saturated heterocycles. The SMILES string of the molecule is CCNC(=NCc1ccc(N2CCC(C)CC2)nc1)NC(C)CCS(C)(=O)=O. The van der Waals surface area contributed by atoms with Crippen molar-refractivity contribution >= 4 is 21.6 Å². The molecule has 1 aliphatic rings. The molecule has 158 valence electrons. The fourth-order valence-corrected chi connectivity index (χ4v) is 3.90.